The van der Waals surface area contributed by atoms with Gasteiger partial charge in [-0.25, -0.2) is 5.10 Å². The van der Waals surface area contributed by atoms with Crippen LogP contribution in [0.2, 0.25) is 0 Å². The van der Waals surface area contributed by atoms with E-state index in [4.69, 9.17) is 0 Å². The van der Waals surface area contributed by atoms with Crippen LogP contribution in [0, 0.1) is 0 Å². The number of aliphatic carboxylic acids is 1. The second kappa shape index (κ2) is 7.81. The molecule has 0 saturated carbocycles. The van der Waals surface area contributed by atoms with Crippen LogP contribution in [-0.2, 0) is 11.3 Å². The number of likely N-dealkylation sites (tertiary alicyclic amines) is 1. The molecule has 1 aromatic carbocycles. The zero-order valence-corrected chi connectivity index (χ0v) is 16.7. The maximum atomic E-state index is 12.5. The number of nitrogens with zero attached hydrogens (tertiary/aromatic N) is 3. The summed E-state index contributed by atoms with van der Waals surface area (Å²) in [5.41, 5.74) is 4.40. The molecule has 1 saturated heterocycles. The Morgan fingerprint density at radius 2 is 2.00 bits per heavy atom. The fourth-order valence-corrected chi connectivity index (χ4v) is 4.22. The first-order valence-electron chi connectivity index (χ1n) is 10.2. The number of benzene rings is 1. The van der Waals surface area contributed by atoms with Gasteiger partial charge in [-0.3, -0.25) is 19.5 Å². The highest BCUT2D eigenvalue weighted by molar-refractivity contribution is 5.86. The molecule has 8 heteroatoms. The average molecular weight is 415 g/mol. The molecule has 4 aromatic rings. The Morgan fingerprint density at radius 3 is 2.81 bits per heavy atom. The molecule has 1 aliphatic rings. The molecule has 1 fully saturated rings. The van der Waals surface area contributed by atoms with Crippen molar-refractivity contribution in [2.24, 2.45) is 0 Å². The van der Waals surface area contributed by atoms with Gasteiger partial charge in [0.25, 0.3) is 5.56 Å². The SMILES string of the molecule is O=C(O)[C@@H]1CCCN1Cc1ccc2cc(-c3cc(-c4ccncc4)n[nH]c3=O)[nH]c2c1. The first-order chi connectivity index (χ1) is 15.1. The first kappa shape index (κ1) is 19.2. The van der Waals surface area contributed by atoms with Gasteiger partial charge in [0.2, 0.25) is 0 Å². The second-order valence-electron chi connectivity index (χ2n) is 7.80. The van der Waals surface area contributed by atoms with Gasteiger partial charge in [-0.15, -0.1) is 0 Å². The maximum absolute atomic E-state index is 12.5. The summed E-state index contributed by atoms with van der Waals surface area (Å²) in [6.45, 7) is 1.37. The molecule has 8 nitrogen and oxygen atoms in total. The summed E-state index contributed by atoms with van der Waals surface area (Å²) in [5, 5.41) is 17.1. The third kappa shape index (κ3) is 3.73. The van der Waals surface area contributed by atoms with Gasteiger partial charge in [-0.05, 0) is 55.3 Å². The summed E-state index contributed by atoms with van der Waals surface area (Å²) in [7, 11) is 0. The zero-order chi connectivity index (χ0) is 21.4. The van der Waals surface area contributed by atoms with Gasteiger partial charge in [0.15, 0.2) is 0 Å². The van der Waals surface area contributed by atoms with E-state index in [0.717, 1.165) is 35.0 Å². The number of nitrogens with one attached hydrogen (secondary N) is 2. The van der Waals surface area contributed by atoms with Crippen LogP contribution in [-0.4, -0.2) is 48.7 Å². The van der Waals surface area contributed by atoms with Gasteiger partial charge in [-0.2, -0.15) is 5.10 Å². The van der Waals surface area contributed by atoms with E-state index in [0.29, 0.717) is 29.9 Å². The predicted octanol–water partition coefficient (Wildman–Crippen LogP) is 3.03. The monoisotopic (exact) mass is 415 g/mol. The highest BCUT2D eigenvalue weighted by Gasteiger charge is 2.30. The molecule has 4 heterocycles. The van der Waals surface area contributed by atoms with Gasteiger partial charge in [0.1, 0.15) is 6.04 Å². The number of aromatic amines is 2. The lowest BCUT2D eigenvalue weighted by Crippen LogP contribution is -2.35. The van der Waals surface area contributed by atoms with E-state index in [1.54, 1.807) is 18.5 Å². The van der Waals surface area contributed by atoms with E-state index >= 15 is 0 Å². The lowest BCUT2D eigenvalue weighted by Gasteiger charge is -2.20. The number of carboxylic acids is 1. The molecule has 0 amide bonds. The number of hydrogen-bond acceptors (Lipinski definition) is 5. The minimum atomic E-state index is -0.761. The Bertz CT molecular complexity index is 1310. The molecule has 5 rings (SSSR count). The minimum Gasteiger partial charge on any atom is -0.480 e. The highest BCUT2D eigenvalue weighted by atomic mass is 16.4. The van der Waals surface area contributed by atoms with E-state index in [9.17, 15) is 14.7 Å². The third-order valence-corrected chi connectivity index (χ3v) is 5.79. The Balaban J connectivity index is 1.47. The summed E-state index contributed by atoms with van der Waals surface area (Å²) in [5.74, 6) is -0.761. The van der Waals surface area contributed by atoms with Crippen LogP contribution in [0.3, 0.4) is 0 Å². The van der Waals surface area contributed by atoms with Crippen molar-refractivity contribution in [2.45, 2.75) is 25.4 Å². The standard InChI is InChI=1S/C23H21N5O3/c29-22-17(12-19(26-27-22)15-5-7-24-8-6-15)20-11-16-4-3-14(10-18(16)25-20)13-28-9-1-2-21(28)23(30)31/h3-8,10-12,21,25H,1-2,9,13H2,(H,27,29)(H,30,31)/t21-/m0/s1. The Hall–Kier alpha value is -3.78. The summed E-state index contributed by atoms with van der Waals surface area (Å²) in [4.78, 5) is 33.3. The number of rotatable bonds is 5. The van der Waals surface area contributed by atoms with Crippen LogP contribution in [0.4, 0.5) is 0 Å². The summed E-state index contributed by atoms with van der Waals surface area (Å²) >= 11 is 0. The van der Waals surface area contributed by atoms with Crippen molar-refractivity contribution in [1.29, 1.82) is 0 Å². The van der Waals surface area contributed by atoms with Gasteiger partial charge in [0.05, 0.1) is 17.0 Å². The van der Waals surface area contributed by atoms with Gasteiger partial charge in [-0.1, -0.05) is 12.1 Å². The molecule has 0 bridgehead atoms. The normalized spacial score (nSPS) is 16.7. The number of hydrogen-bond donors (Lipinski definition) is 3. The van der Waals surface area contributed by atoms with Crippen molar-refractivity contribution in [3.63, 3.8) is 0 Å². The van der Waals surface area contributed by atoms with Crippen molar-refractivity contribution in [3.05, 3.63) is 70.8 Å². The second-order valence-corrected chi connectivity index (χ2v) is 7.80. The molecular formula is C23H21N5O3. The van der Waals surface area contributed by atoms with Crippen molar-refractivity contribution in [2.75, 3.05) is 6.54 Å². The molecular weight excluding hydrogens is 394 g/mol. The number of fused-ring (bicyclic) bond motifs is 1. The van der Waals surface area contributed by atoms with E-state index < -0.39 is 12.0 Å². The van der Waals surface area contributed by atoms with E-state index in [1.165, 1.54) is 0 Å². The fraction of sp³-hybridized carbons (Fsp3) is 0.217. The predicted molar refractivity (Wildman–Crippen MR) is 116 cm³/mol. The third-order valence-electron chi connectivity index (χ3n) is 5.79. The van der Waals surface area contributed by atoms with Crippen LogP contribution in [0.1, 0.15) is 18.4 Å². The summed E-state index contributed by atoms with van der Waals surface area (Å²) in [6, 6.07) is 13.0. The molecule has 0 unspecified atom stereocenters. The van der Waals surface area contributed by atoms with Crippen molar-refractivity contribution >= 4 is 16.9 Å². The topological polar surface area (TPSA) is 115 Å². The van der Waals surface area contributed by atoms with Crippen LogP contribution in [0.5, 0.6) is 0 Å². The van der Waals surface area contributed by atoms with Crippen LogP contribution in [0.25, 0.3) is 33.4 Å². The lowest BCUT2D eigenvalue weighted by molar-refractivity contribution is -0.142. The number of aromatic nitrogens is 4. The molecule has 156 valence electrons. The van der Waals surface area contributed by atoms with Crippen molar-refractivity contribution < 1.29 is 9.90 Å². The van der Waals surface area contributed by atoms with Crippen LogP contribution < -0.4 is 5.56 Å². The lowest BCUT2D eigenvalue weighted by atomic mass is 10.1. The Kier molecular flexibility index (Phi) is 4.83. The number of pyridine rings is 1. The van der Waals surface area contributed by atoms with Crippen LogP contribution in [0.15, 0.2) is 59.7 Å². The Labute approximate surface area is 177 Å². The summed E-state index contributed by atoms with van der Waals surface area (Å²) in [6.07, 6.45) is 4.95. The smallest absolute Gasteiger partial charge is 0.320 e. The molecule has 31 heavy (non-hydrogen) atoms. The minimum absolute atomic E-state index is 0.272. The number of H-pyrrole nitrogens is 2. The van der Waals surface area contributed by atoms with Crippen molar-refractivity contribution in [1.82, 2.24) is 25.1 Å². The molecule has 1 aliphatic heterocycles. The zero-order valence-electron chi connectivity index (χ0n) is 16.7. The molecule has 0 aliphatic carbocycles. The first-order valence-corrected chi connectivity index (χ1v) is 10.2. The van der Waals surface area contributed by atoms with Gasteiger partial charge in [0, 0.05) is 35.4 Å². The Morgan fingerprint density at radius 1 is 1.16 bits per heavy atom. The largest absolute Gasteiger partial charge is 0.480 e. The molecule has 3 aromatic heterocycles. The van der Waals surface area contributed by atoms with Crippen molar-refractivity contribution in [3.8, 4) is 22.5 Å². The summed E-state index contributed by atoms with van der Waals surface area (Å²) < 4.78 is 0. The molecule has 0 radical (unpaired) electrons. The van der Waals surface area contributed by atoms with E-state index in [2.05, 4.69) is 20.2 Å². The van der Waals surface area contributed by atoms with Crippen LogP contribution >= 0.6 is 0 Å². The fourth-order valence-electron chi connectivity index (χ4n) is 4.22. The maximum Gasteiger partial charge on any atom is 0.320 e. The van der Waals surface area contributed by atoms with E-state index in [-0.39, 0.29) is 5.56 Å². The van der Waals surface area contributed by atoms with Gasteiger partial charge < -0.3 is 10.1 Å². The van der Waals surface area contributed by atoms with Gasteiger partial charge >= 0.3 is 5.97 Å². The number of carboxylic acid groups (broad SMARTS) is 1. The molecule has 0 spiro atoms. The highest BCUT2D eigenvalue weighted by Crippen LogP contribution is 2.27. The van der Waals surface area contributed by atoms with E-state index in [1.807, 2.05) is 41.3 Å². The quantitative estimate of drug-likeness (QED) is 0.462. The molecule has 1 atom stereocenters. The average Bonchev–Trinajstić information content (AvgIpc) is 3.41. The number of carbonyl (C=O) groups is 1. The molecule has 3 N–H and O–H groups in total.